The summed E-state index contributed by atoms with van der Waals surface area (Å²) in [4.78, 5) is 0. The molecule has 100 valence electrons. The summed E-state index contributed by atoms with van der Waals surface area (Å²) in [5.74, 6) is -0.0191. The molecule has 0 saturated carbocycles. The maximum atomic E-state index is 13.6. The number of aliphatic hydroxyl groups excluding tert-OH is 1. The molecule has 2 rings (SSSR count). The molecule has 0 atom stereocenters. The standard InChI is InChI=1S/C14H11Cl2FO2/c15-11-4-2-6-14(9(11)7-18)19-8-10-12(16)3-1-5-13(10)17/h1-6,18H,7-8H2. The van der Waals surface area contributed by atoms with Crippen LogP contribution in [0.3, 0.4) is 0 Å². The van der Waals surface area contributed by atoms with Gasteiger partial charge in [0.25, 0.3) is 0 Å². The van der Waals surface area contributed by atoms with Crippen LogP contribution in [-0.2, 0) is 13.2 Å². The zero-order valence-corrected chi connectivity index (χ0v) is 11.4. The highest BCUT2D eigenvalue weighted by molar-refractivity contribution is 6.31. The van der Waals surface area contributed by atoms with Crippen molar-refractivity contribution in [1.82, 2.24) is 0 Å². The summed E-state index contributed by atoms with van der Waals surface area (Å²) in [6.45, 7) is -0.279. The number of rotatable bonds is 4. The van der Waals surface area contributed by atoms with Gasteiger partial charge in [0.1, 0.15) is 18.2 Å². The molecule has 0 fully saturated rings. The van der Waals surface area contributed by atoms with E-state index in [-0.39, 0.29) is 18.8 Å². The number of benzene rings is 2. The largest absolute Gasteiger partial charge is 0.488 e. The number of halogens is 3. The van der Waals surface area contributed by atoms with Gasteiger partial charge >= 0.3 is 0 Å². The molecule has 5 heteroatoms. The Morgan fingerprint density at radius 3 is 2.26 bits per heavy atom. The second kappa shape index (κ2) is 6.24. The summed E-state index contributed by atoms with van der Waals surface area (Å²) in [5, 5.41) is 9.94. The molecule has 0 aliphatic carbocycles. The summed E-state index contributed by atoms with van der Waals surface area (Å²) < 4.78 is 19.1. The third-order valence-electron chi connectivity index (χ3n) is 2.67. The smallest absolute Gasteiger partial charge is 0.131 e. The Labute approximate surface area is 120 Å². The van der Waals surface area contributed by atoms with Gasteiger partial charge in [-0.25, -0.2) is 4.39 Å². The monoisotopic (exact) mass is 300 g/mol. The van der Waals surface area contributed by atoms with Gasteiger partial charge in [0.15, 0.2) is 0 Å². The van der Waals surface area contributed by atoms with Crippen molar-refractivity contribution in [2.45, 2.75) is 13.2 Å². The summed E-state index contributed by atoms with van der Waals surface area (Å²) in [6.07, 6.45) is 0. The third kappa shape index (κ3) is 3.18. The highest BCUT2D eigenvalue weighted by Gasteiger charge is 2.11. The maximum absolute atomic E-state index is 13.6. The first-order chi connectivity index (χ1) is 9.13. The van der Waals surface area contributed by atoms with Gasteiger partial charge in [-0.05, 0) is 24.3 Å². The minimum atomic E-state index is -0.430. The Morgan fingerprint density at radius 2 is 1.63 bits per heavy atom. The Kier molecular flexibility index (Phi) is 4.64. The number of hydrogen-bond acceptors (Lipinski definition) is 2. The van der Waals surface area contributed by atoms with E-state index >= 15 is 0 Å². The van der Waals surface area contributed by atoms with Crippen LogP contribution in [0.25, 0.3) is 0 Å². The van der Waals surface area contributed by atoms with Gasteiger partial charge in [-0.2, -0.15) is 0 Å². The predicted octanol–water partition coefficient (Wildman–Crippen LogP) is 4.20. The molecule has 0 bridgehead atoms. The lowest BCUT2D eigenvalue weighted by molar-refractivity contribution is 0.257. The van der Waals surface area contributed by atoms with Crippen molar-refractivity contribution in [3.05, 3.63) is 63.4 Å². The minimum absolute atomic E-state index is 0.0289. The lowest BCUT2D eigenvalue weighted by Gasteiger charge is -2.12. The first-order valence-corrected chi connectivity index (χ1v) is 6.33. The average molecular weight is 301 g/mol. The van der Waals surface area contributed by atoms with Crippen molar-refractivity contribution in [3.8, 4) is 5.75 Å². The highest BCUT2D eigenvalue weighted by Crippen LogP contribution is 2.28. The van der Waals surface area contributed by atoms with Crippen LogP contribution in [0.1, 0.15) is 11.1 Å². The topological polar surface area (TPSA) is 29.5 Å². The molecule has 0 radical (unpaired) electrons. The second-order valence-corrected chi connectivity index (χ2v) is 4.68. The fraction of sp³-hybridized carbons (Fsp3) is 0.143. The van der Waals surface area contributed by atoms with Gasteiger partial charge in [-0.3, -0.25) is 0 Å². The van der Waals surface area contributed by atoms with Gasteiger partial charge in [0, 0.05) is 16.1 Å². The summed E-state index contributed by atoms with van der Waals surface area (Å²) in [7, 11) is 0. The second-order valence-electron chi connectivity index (χ2n) is 3.86. The van der Waals surface area contributed by atoms with Crippen LogP contribution in [0.2, 0.25) is 10.0 Å². The Bertz CT molecular complexity index is 567. The van der Waals surface area contributed by atoms with E-state index in [1.54, 1.807) is 24.3 Å². The maximum Gasteiger partial charge on any atom is 0.131 e. The molecule has 1 N–H and O–H groups in total. The van der Waals surface area contributed by atoms with Gasteiger partial charge in [-0.1, -0.05) is 35.3 Å². The third-order valence-corrected chi connectivity index (χ3v) is 3.38. The van der Waals surface area contributed by atoms with E-state index in [1.807, 2.05) is 0 Å². The molecule has 0 heterocycles. The van der Waals surface area contributed by atoms with Crippen molar-refractivity contribution in [2.75, 3.05) is 0 Å². The number of hydrogen-bond donors (Lipinski definition) is 1. The molecule has 0 saturated heterocycles. The Balaban J connectivity index is 2.22. The van der Waals surface area contributed by atoms with Gasteiger partial charge in [0.05, 0.1) is 11.6 Å². The van der Waals surface area contributed by atoms with Crippen LogP contribution >= 0.6 is 23.2 Å². The van der Waals surface area contributed by atoms with Crippen molar-refractivity contribution >= 4 is 23.2 Å². The van der Waals surface area contributed by atoms with Crippen LogP contribution in [0.5, 0.6) is 5.75 Å². The average Bonchev–Trinajstić information content (AvgIpc) is 2.38. The van der Waals surface area contributed by atoms with Crippen molar-refractivity contribution in [1.29, 1.82) is 0 Å². The zero-order valence-electron chi connectivity index (χ0n) is 9.87. The molecule has 2 aromatic carbocycles. The first-order valence-electron chi connectivity index (χ1n) is 5.57. The highest BCUT2D eigenvalue weighted by atomic mass is 35.5. The molecular weight excluding hydrogens is 290 g/mol. The molecule has 0 aliphatic heterocycles. The molecule has 19 heavy (non-hydrogen) atoms. The minimum Gasteiger partial charge on any atom is -0.488 e. The van der Waals surface area contributed by atoms with Gasteiger partial charge in [-0.15, -0.1) is 0 Å². The molecule has 0 spiro atoms. The van der Waals surface area contributed by atoms with E-state index in [1.165, 1.54) is 12.1 Å². The van der Waals surface area contributed by atoms with Crippen LogP contribution in [-0.4, -0.2) is 5.11 Å². The van der Waals surface area contributed by atoms with E-state index < -0.39 is 5.82 Å². The van der Waals surface area contributed by atoms with Gasteiger partial charge < -0.3 is 9.84 Å². The molecule has 2 aromatic rings. The molecule has 2 nitrogen and oxygen atoms in total. The molecular formula is C14H11Cl2FO2. The first kappa shape index (κ1) is 14.1. The van der Waals surface area contributed by atoms with Gasteiger partial charge in [0.2, 0.25) is 0 Å². The lowest BCUT2D eigenvalue weighted by Crippen LogP contribution is -2.02. The van der Waals surface area contributed by atoms with E-state index in [0.717, 1.165) is 0 Å². The molecule has 0 unspecified atom stereocenters. The van der Waals surface area contributed by atoms with Crippen molar-refractivity contribution < 1.29 is 14.2 Å². The van der Waals surface area contributed by atoms with Crippen LogP contribution in [0, 0.1) is 5.82 Å². The quantitative estimate of drug-likeness (QED) is 0.917. The summed E-state index contributed by atoms with van der Waals surface area (Å²) in [6, 6.07) is 9.44. The van der Waals surface area contributed by atoms with Crippen molar-refractivity contribution in [2.24, 2.45) is 0 Å². The molecule has 0 aromatic heterocycles. The Morgan fingerprint density at radius 1 is 1.00 bits per heavy atom. The number of ether oxygens (including phenoxy) is 1. The molecule has 0 aliphatic rings. The lowest BCUT2D eigenvalue weighted by atomic mass is 10.2. The normalized spacial score (nSPS) is 10.5. The molecule has 0 amide bonds. The van der Waals surface area contributed by atoms with E-state index in [9.17, 15) is 9.50 Å². The fourth-order valence-electron chi connectivity index (χ4n) is 1.65. The van der Waals surface area contributed by atoms with E-state index in [2.05, 4.69) is 0 Å². The van der Waals surface area contributed by atoms with Crippen LogP contribution in [0.4, 0.5) is 4.39 Å². The van der Waals surface area contributed by atoms with Crippen LogP contribution < -0.4 is 4.74 Å². The van der Waals surface area contributed by atoms with Crippen LogP contribution in [0.15, 0.2) is 36.4 Å². The van der Waals surface area contributed by atoms with E-state index in [0.29, 0.717) is 21.4 Å². The zero-order chi connectivity index (χ0) is 13.8. The Hall–Kier alpha value is -1.29. The predicted molar refractivity (Wildman–Crippen MR) is 73.1 cm³/mol. The SMILES string of the molecule is OCc1c(Cl)cccc1OCc1c(F)cccc1Cl. The fourth-order valence-corrected chi connectivity index (χ4v) is 2.09. The van der Waals surface area contributed by atoms with E-state index in [4.69, 9.17) is 27.9 Å². The number of aliphatic hydroxyl groups is 1. The summed E-state index contributed by atoms with van der Waals surface area (Å²) >= 11 is 11.8. The van der Waals surface area contributed by atoms with Crippen molar-refractivity contribution in [3.63, 3.8) is 0 Å². The summed E-state index contributed by atoms with van der Waals surface area (Å²) in [5.41, 5.74) is 0.740.